The topological polar surface area (TPSA) is 113 Å². The zero-order chi connectivity index (χ0) is 19.7. The number of ether oxygens (including phenoxy) is 1. The molecule has 0 saturated heterocycles. The lowest BCUT2D eigenvalue weighted by Crippen LogP contribution is -2.43. The first-order valence-corrected chi connectivity index (χ1v) is 8.75. The van der Waals surface area contributed by atoms with Crippen LogP contribution in [0.4, 0.5) is 20.7 Å². The SMILES string of the molecule is C[C@H]1Nc2ccn3ncc(c3n2)NC(=O)NC(CO)COc2ccc(F)cc21. The first-order chi connectivity index (χ1) is 13.5. The van der Waals surface area contributed by atoms with Crippen molar-refractivity contribution in [1.82, 2.24) is 19.9 Å². The van der Waals surface area contributed by atoms with E-state index in [4.69, 9.17) is 4.74 Å². The summed E-state index contributed by atoms with van der Waals surface area (Å²) in [5.41, 5.74) is 1.45. The van der Waals surface area contributed by atoms with Crippen molar-refractivity contribution in [3.05, 3.63) is 48.0 Å². The standard InChI is InChI=1S/C18H19FN6O3/c1-10-13-6-11(19)2-3-15(13)28-9-12(8-26)22-18(27)23-14-7-20-25-5-4-16(21-10)24-17(14)25/h2-7,10,12,26H,8-9H2,1H3,(H,21,24)(H2,22,23,27)/t10-,12?/m1/s1. The number of benzene rings is 1. The van der Waals surface area contributed by atoms with E-state index in [1.165, 1.54) is 28.9 Å². The molecule has 0 fully saturated rings. The zero-order valence-corrected chi connectivity index (χ0v) is 15.0. The lowest BCUT2D eigenvalue weighted by Gasteiger charge is -2.22. The average molecular weight is 386 g/mol. The maximum absolute atomic E-state index is 13.8. The Bertz CT molecular complexity index is 1020. The Hall–Kier alpha value is -3.40. The number of nitrogens with one attached hydrogen (secondary N) is 3. The van der Waals surface area contributed by atoms with E-state index >= 15 is 0 Å². The molecule has 28 heavy (non-hydrogen) atoms. The van der Waals surface area contributed by atoms with Gasteiger partial charge in [-0.15, -0.1) is 0 Å². The van der Waals surface area contributed by atoms with Gasteiger partial charge < -0.3 is 25.8 Å². The monoisotopic (exact) mass is 386 g/mol. The summed E-state index contributed by atoms with van der Waals surface area (Å²) in [7, 11) is 0. The number of aromatic nitrogens is 3. The molecule has 0 spiro atoms. The molecule has 2 aromatic heterocycles. The molecule has 2 amide bonds. The minimum Gasteiger partial charge on any atom is -0.491 e. The quantitative estimate of drug-likeness (QED) is 0.508. The highest BCUT2D eigenvalue weighted by molar-refractivity contribution is 5.93. The van der Waals surface area contributed by atoms with Crippen LogP contribution < -0.4 is 20.7 Å². The van der Waals surface area contributed by atoms with Gasteiger partial charge in [0.2, 0.25) is 0 Å². The van der Waals surface area contributed by atoms with Gasteiger partial charge in [0.25, 0.3) is 0 Å². The molecule has 1 aromatic carbocycles. The number of rotatable bonds is 1. The molecule has 2 atom stereocenters. The van der Waals surface area contributed by atoms with Gasteiger partial charge in [-0.25, -0.2) is 18.7 Å². The number of hydrogen-bond acceptors (Lipinski definition) is 6. The number of carbonyl (C=O) groups is 1. The van der Waals surface area contributed by atoms with E-state index < -0.39 is 17.9 Å². The van der Waals surface area contributed by atoms with E-state index in [1.807, 2.05) is 6.92 Å². The van der Waals surface area contributed by atoms with Crippen molar-refractivity contribution in [2.75, 3.05) is 23.8 Å². The van der Waals surface area contributed by atoms with Crippen molar-refractivity contribution in [3.63, 3.8) is 0 Å². The van der Waals surface area contributed by atoms with Crippen LogP contribution in [0, 0.1) is 5.82 Å². The molecule has 0 aliphatic carbocycles. The number of fused-ring (bicyclic) bond motifs is 2. The predicted molar refractivity (Wildman–Crippen MR) is 99.9 cm³/mol. The van der Waals surface area contributed by atoms with Crippen LogP contribution in [-0.4, -0.2) is 45.0 Å². The maximum atomic E-state index is 13.8. The second-order valence-corrected chi connectivity index (χ2v) is 6.48. The molecule has 0 radical (unpaired) electrons. The molecule has 1 aliphatic heterocycles. The van der Waals surface area contributed by atoms with Crippen LogP contribution in [0.25, 0.3) is 5.65 Å². The smallest absolute Gasteiger partial charge is 0.319 e. The van der Waals surface area contributed by atoms with Gasteiger partial charge in [0.05, 0.1) is 24.9 Å². The molecular formula is C18H19FN6O3. The van der Waals surface area contributed by atoms with E-state index in [0.717, 1.165) is 0 Å². The van der Waals surface area contributed by atoms with Crippen LogP contribution in [0.5, 0.6) is 5.75 Å². The van der Waals surface area contributed by atoms with E-state index in [-0.39, 0.29) is 19.3 Å². The number of nitrogens with zero attached hydrogens (tertiary/aromatic N) is 3. The van der Waals surface area contributed by atoms with Crippen LogP contribution in [0.1, 0.15) is 18.5 Å². The van der Waals surface area contributed by atoms with E-state index in [2.05, 4.69) is 26.0 Å². The number of aliphatic hydroxyl groups excluding tert-OH is 1. The third-order valence-corrected chi connectivity index (χ3v) is 4.42. The summed E-state index contributed by atoms with van der Waals surface area (Å²) in [5, 5.41) is 22.2. The molecule has 0 saturated carbocycles. The molecule has 3 heterocycles. The van der Waals surface area contributed by atoms with Crippen molar-refractivity contribution >= 4 is 23.2 Å². The lowest BCUT2D eigenvalue weighted by atomic mass is 10.1. The fourth-order valence-electron chi connectivity index (χ4n) is 3.00. The van der Waals surface area contributed by atoms with Crippen LogP contribution in [0.3, 0.4) is 0 Å². The van der Waals surface area contributed by atoms with Gasteiger partial charge in [0, 0.05) is 11.8 Å². The Kier molecular flexibility index (Phi) is 4.70. The summed E-state index contributed by atoms with van der Waals surface area (Å²) < 4.78 is 21.1. The second kappa shape index (κ2) is 7.31. The molecule has 2 bridgehead atoms. The number of carbonyl (C=O) groups excluding carboxylic acids is 1. The molecular weight excluding hydrogens is 367 g/mol. The Morgan fingerprint density at radius 3 is 3.04 bits per heavy atom. The first kappa shape index (κ1) is 18.0. The Balaban J connectivity index is 1.78. The van der Waals surface area contributed by atoms with Gasteiger partial charge in [-0.3, -0.25) is 0 Å². The highest BCUT2D eigenvalue weighted by Gasteiger charge is 2.19. The molecule has 146 valence electrons. The second-order valence-electron chi connectivity index (χ2n) is 6.48. The number of urea groups is 1. The van der Waals surface area contributed by atoms with Crippen LogP contribution in [-0.2, 0) is 0 Å². The van der Waals surface area contributed by atoms with Crippen molar-refractivity contribution in [2.24, 2.45) is 0 Å². The maximum Gasteiger partial charge on any atom is 0.319 e. The number of anilines is 2. The fraction of sp³-hybridized carbons (Fsp3) is 0.278. The highest BCUT2D eigenvalue weighted by atomic mass is 19.1. The Labute approximate surface area is 159 Å². The normalized spacial score (nSPS) is 19.8. The molecule has 4 N–H and O–H groups in total. The van der Waals surface area contributed by atoms with Gasteiger partial charge >= 0.3 is 6.03 Å². The summed E-state index contributed by atoms with van der Waals surface area (Å²) in [5.74, 6) is 0.588. The third-order valence-electron chi connectivity index (χ3n) is 4.42. The van der Waals surface area contributed by atoms with E-state index in [9.17, 15) is 14.3 Å². The zero-order valence-electron chi connectivity index (χ0n) is 15.0. The molecule has 1 unspecified atom stereocenters. The van der Waals surface area contributed by atoms with Crippen molar-refractivity contribution in [3.8, 4) is 5.75 Å². The fourth-order valence-corrected chi connectivity index (χ4v) is 3.00. The average Bonchev–Trinajstić information content (AvgIpc) is 3.07. The van der Waals surface area contributed by atoms with Gasteiger partial charge in [-0.2, -0.15) is 5.10 Å². The van der Waals surface area contributed by atoms with Gasteiger partial charge in [0.1, 0.15) is 29.7 Å². The van der Waals surface area contributed by atoms with Crippen LogP contribution >= 0.6 is 0 Å². The van der Waals surface area contributed by atoms with Gasteiger partial charge in [0.15, 0.2) is 5.65 Å². The largest absolute Gasteiger partial charge is 0.491 e. The molecule has 1 aliphatic rings. The predicted octanol–water partition coefficient (Wildman–Crippen LogP) is 1.92. The van der Waals surface area contributed by atoms with E-state index in [1.54, 1.807) is 12.3 Å². The number of aliphatic hydroxyl groups is 1. The van der Waals surface area contributed by atoms with E-state index in [0.29, 0.717) is 28.5 Å². The minimum atomic E-state index is -0.658. The van der Waals surface area contributed by atoms with Gasteiger partial charge in [-0.05, 0) is 31.2 Å². The number of amides is 2. The minimum absolute atomic E-state index is 0.0161. The van der Waals surface area contributed by atoms with Crippen molar-refractivity contribution in [2.45, 2.75) is 19.0 Å². The number of hydrogen-bond donors (Lipinski definition) is 4. The highest BCUT2D eigenvalue weighted by Crippen LogP contribution is 2.29. The number of halogens is 1. The summed E-state index contributed by atoms with van der Waals surface area (Å²) in [6, 6.07) is 4.44. The Morgan fingerprint density at radius 2 is 2.21 bits per heavy atom. The Morgan fingerprint density at radius 1 is 1.36 bits per heavy atom. The summed E-state index contributed by atoms with van der Waals surface area (Å²) in [6.45, 7) is 1.55. The van der Waals surface area contributed by atoms with Crippen molar-refractivity contribution < 1.29 is 19.0 Å². The summed E-state index contributed by atoms with van der Waals surface area (Å²) >= 11 is 0. The lowest BCUT2D eigenvalue weighted by molar-refractivity contribution is 0.181. The third kappa shape index (κ3) is 3.54. The van der Waals surface area contributed by atoms with Crippen molar-refractivity contribution in [1.29, 1.82) is 0 Å². The molecule has 4 rings (SSSR count). The molecule has 9 nitrogen and oxygen atoms in total. The molecule has 3 aromatic rings. The van der Waals surface area contributed by atoms with Gasteiger partial charge in [-0.1, -0.05) is 0 Å². The van der Waals surface area contributed by atoms with Crippen LogP contribution in [0.2, 0.25) is 0 Å². The molecule has 10 heteroatoms. The van der Waals surface area contributed by atoms with Crippen LogP contribution in [0.15, 0.2) is 36.7 Å². The summed E-state index contributed by atoms with van der Waals surface area (Å²) in [6.07, 6.45) is 3.18. The summed E-state index contributed by atoms with van der Waals surface area (Å²) in [4.78, 5) is 16.8. The first-order valence-electron chi connectivity index (χ1n) is 8.75.